The van der Waals surface area contributed by atoms with Gasteiger partial charge in [0.15, 0.2) is 5.96 Å². The third-order valence-corrected chi connectivity index (χ3v) is 3.41. The lowest BCUT2D eigenvalue weighted by molar-refractivity contribution is 0.125. The van der Waals surface area contributed by atoms with Crippen molar-refractivity contribution in [3.8, 4) is 0 Å². The first-order valence-corrected chi connectivity index (χ1v) is 7.00. The van der Waals surface area contributed by atoms with E-state index in [0.717, 1.165) is 12.5 Å². The average Bonchev–Trinajstić information content (AvgIpc) is 2.38. The molecule has 4 nitrogen and oxygen atoms in total. The van der Waals surface area contributed by atoms with Crippen LogP contribution in [0.3, 0.4) is 0 Å². The molecule has 0 amide bonds. The van der Waals surface area contributed by atoms with E-state index >= 15 is 0 Å². The first kappa shape index (κ1) is 17.2. The van der Waals surface area contributed by atoms with Gasteiger partial charge in [-0.25, -0.2) is 0 Å². The quantitative estimate of drug-likeness (QED) is 0.326. The van der Waals surface area contributed by atoms with E-state index in [1.807, 2.05) is 18.2 Å². The largest absolute Gasteiger partial charge is 0.375 e. The summed E-state index contributed by atoms with van der Waals surface area (Å²) in [6, 6.07) is 10.2. The minimum Gasteiger partial charge on any atom is -0.375 e. The predicted octanol–water partition coefficient (Wildman–Crippen LogP) is 2.53. The number of halogens is 1. The average molecular weight is 389 g/mol. The predicted molar refractivity (Wildman–Crippen MR) is 93.3 cm³/mol. The molecule has 3 N–H and O–H groups in total. The number of benzene rings is 1. The molecule has 1 aromatic carbocycles. The summed E-state index contributed by atoms with van der Waals surface area (Å²) in [4.78, 5) is 4.33. The van der Waals surface area contributed by atoms with Crippen LogP contribution in [0.15, 0.2) is 35.3 Å². The topological polar surface area (TPSA) is 59.6 Å². The molecule has 1 aliphatic carbocycles. The Morgan fingerprint density at radius 1 is 1.30 bits per heavy atom. The molecule has 5 heteroatoms. The zero-order chi connectivity index (χ0) is 13.3. The highest BCUT2D eigenvalue weighted by Gasteiger charge is 2.16. The SMILES string of the molecule is I.NC(=NCC1CCC1)NCCOCc1ccccc1. The maximum atomic E-state index is 5.78. The van der Waals surface area contributed by atoms with E-state index in [4.69, 9.17) is 10.5 Å². The molecule has 0 saturated heterocycles. The zero-order valence-electron chi connectivity index (χ0n) is 11.8. The molecule has 0 unspecified atom stereocenters. The second-order valence-electron chi connectivity index (χ2n) is 4.99. The van der Waals surface area contributed by atoms with E-state index in [2.05, 4.69) is 22.4 Å². The van der Waals surface area contributed by atoms with Crippen molar-refractivity contribution in [2.45, 2.75) is 25.9 Å². The Kier molecular flexibility index (Phi) is 8.60. The molecule has 1 fully saturated rings. The summed E-state index contributed by atoms with van der Waals surface area (Å²) in [5.74, 6) is 1.30. The number of nitrogens with two attached hydrogens (primary N) is 1. The van der Waals surface area contributed by atoms with Crippen molar-refractivity contribution in [3.63, 3.8) is 0 Å². The summed E-state index contributed by atoms with van der Waals surface area (Å²) in [6.45, 7) is 2.84. The summed E-state index contributed by atoms with van der Waals surface area (Å²) >= 11 is 0. The van der Waals surface area contributed by atoms with Gasteiger partial charge in [0.1, 0.15) is 0 Å². The number of nitrogens with zero attached hydrogens (tertiary/aromatic N) is 1. The summed E-state index contributed by atoms with van der Waals surface area (Å²) in [5, 5.41) is 3.08. The molecule has 1 aromatic rings. The van der Waals surface area contributed by atoms with Crippen molar-refractivity contribution >= 4 is 29.9 Å². The second kappa shape index (κ2) is 9.99. The van der Waals surface area contributed by atoms with Gasteiger partial charge in [0.05, 0.1) is 13.2 Å². The smallest absolute Gasteiger partial charge is 0.188 e. The lowest BCUT2D eigenvalue weighted by Gasteiger charge is -2.23. The Balaban J connectivity index is 0.00000200. The summed E-state index contributed by atoms with van der Waals surface area (Å²) < 4.78 is 5.55. The van der Waals surface area contributed by atoms with Crippen molar-refractivity contribution in [2.24, 2.45) is 16.6 Å². The van der Waals surface area contributed by atoms with Gasteiger partial charge in [-0.15, -0.1) is 24.0 Å². The molecule has 0 bridgehead atoms. The van der Waals surface area contributed by atoms with Gasteiger partial charge in [0, 0.05) is 13.1 Å². The minimum atomic E-state index is 0. The lowest BCUT2D eigenvalue weighted by atomic mass is 9.86. The van der Waals surface area contributed by atoms with Crippen LogP contribution in [0.25, 0.3) is 0 Å². The van der Waals surface area contributed by atoms with Gasteiger partial charge in [-0.1, -0.05) is 36.8 Å². The Labute approximate surface area is 138 Å². The molecule has 1 saturated carbocycles. The molecule has 0 atom stereocenters. The van der Waals surface area contributed by atoms with Crippen molar-refractivity contribution in [3.05, 3.63) is 35.9 Å². The molecule has 20 heavy (non-hydrogen) atoms. The molecule has 0 aromatic heterocycles. The third kappa shape index (κ3) is 6.56. The van der Waals surface area contributed by atoms with Gasteiger partial charge in [-0.2, -0.15) is 0 Å². The van der Waals surface area contributed by atoms with Gasteiger partial charge < -0.3 is 15.8 Å². The van der Waals surface area contributed by atoms with Crippen LogP contribution in [0.1, 0.15) is 24.8 Å². The maximum Gasteiger partial charge on any atom is 0.188 e. The zero-order valence-corrected chi connectivity index (χ0v) is 14.1. The van der Waals surface area contributed by atoms with Crippen LogP contribution < -0.4 is 11.1 Å². The number of nitrogens with one attached hydrogen (secondary N) is 1. The maximum absolute atomic E-state index is 5.78. The molecule has 1 aliphatic rings. The highest BCUT2D eigenvalue weighted by molar-refractivity contribution is 14.0. The van der Waals surface area contributed by atoms with Crippen molar-refractivity contribution in [1.82, 2.24) is 5.32 Å². The van der Waals surface area contributed by atoms with E-state index in [9.17, 15) is 0 Å². The van der Waals surface area contributed by atoms with E-state index in [1.54, 1.807) is 0 Å². The van der Waals surface area contributed by atoms with Crippen LogP contribution in [-0.2, 0) is 11.3 Å². The fourth-order valence-corrected chi connectivity index (χ4v) is 1.97. The fourth-order valence-electron chi connectivity index (χ4n) is 1.97. The van der Waals surface area contributed by atoms with E-state index < -0.39 is 0 Å². The molecule has 0 spiro atoms. The van der Waals surface area contributed by atoms with Crippen LogP contribution in [0, 0.1) is 5.92 Å². The molecule has 0 radical (unpaired) electrons. The van der Waals surface area contributed by atoms with Crippen molar-refractivity contribution in [1.29, 1.82) is 0 Å². The lowest BCUT2D eigenvalue weighted by Crippen LogP contribution is -2.35. The van der Waals surface area contributed by atoms with Crippen LogP contribution in [0.5, 0.6) is 0 Å². The Morgan fingerprint density at radius 3 is 2.70 bits per heavy atom. The van der Waals surface area contributed by atoms with Crippen LogP contribution in [-0.4, -0.2) is 25.7 Å². The Bertz CT molecular complexity index is 393. The van der Waals surface area contributed by atoms with Crippen LogP contribution in [0.4, 0.5) is 0 Å². The molecule has 112 valence electrons. The van der Waals surface area contributed by atoms with E-state index in [1.165, 1.54) is 24.8 Å². The van der Waals surface area contributed by atoms with Gasteiger partial charge >= 0.3 is 0 Å². The Hall–Kier alpha value is -0.820. The monoisotopic (exact) mass is 389 g/mol. The molecule has 2 rings (SSSR count). The number of rotatable bonds is 7. The normalized spacial score (nSPS) is 15.3. The van der Waals surface area contributed by atoms with Gasteiger partial charge in [-0.05, 0) is 24.3 Å². The Morgan fingerprint density at radius 2 is 2.05 bits per heavy atom. The first-order chi connectivity index (χ1) is 9.34. The van der Waals surface area contributed by atoms with Crippen molar-refractivity contribution < 1.29 is 4.74 Å². The van der Waals surface area contributed by atoms with Crippen LogP contribution in [0.2, 0.25) is 0 Å². The van der Waals surface area contributed by atoms with Crippen molar-refractivity contribution in [2.75, 3.05) is 19.7 Å². The highest BCUT2D eigenvalue weighted by atomic mass is 127. The van der Waals surface area contributed by atoms with Gasteiger partial charge in [-0.3, -0.25) is 4.99 Å². The third-order valence-electron chi connectivity index (χ3n) is 3.41. The number of guanidine groups is 1. The summed E-state index contributed by atoms with van der Waals surface area (Å²) in [6.07, 6.45) is 3.95. The fraction of sp³-hybridized carbons (Fsp3) is 0.533. The standard InChI is InChI=1S/C15H23N3O.HI/c16-15(18-11-13-7-4-8-13)17-9-10-19-12-14-5-2-1-3-6-14;/h1-3,5-6,13H,4,7-12H2,(H3,16,17,18);1H. The van der Waals surface area contributed by atoms with Crippen LogP contribution >= 0.6 is 24.0 Å². The number of hydrogen-bond acceptors (Lipinski definition) is 2. The molecule has 0 aliphatic heterocycles. The second-order valence-corrected chi connectivity index (χ2v) is 4.99. The molecular weight excluding hydrogens is 365 g/mol. The molecular formula is C15H24IN3O. The number of aliphatic imine (C=N–C) groups is 1. The first-order valence-electron chi connectivity index (χ1n) is 7.00. The minimum absolute atomic E-state index is 0. The highest BCUT2D eigenvalue weighted by Crippen LogP contribution is 2.26. The van der Waals surface area contributed by atoms with Gasteiger partial charge in [0.25, 0.3) is 0 Å². The van der Waals surface area contributed by atoms with Gasteiger partial charge in [0.2, 0.25) is 0 Å². The summed E-state index contributed by atoms with van der Waals surface area (Å²) in [5.41, 5.74) is 6.97. The summed E-state index contributed by atoms with van der Waals surface area (Å²) in [7, 11) is 0. The molecule has 0 heterocycles. The number of ether oxygens (including phenoxy) is 1. The van der Waals surface area contributed by atoms with E-state index in [-0.39, 0.29) is 24.0 Å². The van der Waals surface area contributed by atoms with E-state index in [0.29, 0.717) is 25.7 Å². The number of hydrogen-bond donors (Lipinski definition) is 2.